The van der Waals surface area contributed by atoms with Crippen LogP contribution in [0.4, 0.5) is 23.2 Å². The number of rotatable bonds is 5. The first-order valence-corrected chi connectivity index (χ1v) is 12.1. The van der Waals surface area contributed by atoms with Crippen molar-refractivity contribution < 1.29 is 46.7 Å². The second-order valence-corrected chi connectivity index (χ2v) is 9.25. The molecule has 10 nitrogen and oxygen atoms in total. The zero-order chi connectivity index (χ0) is 30.1. The quantitative estimate of drug-likeness (QED) is 0.546. The van der Waals surface area contributed by atoms with Crippen molar-refractivity contribution in [1.29, 1.82) is 5.26 Å². The van der Waals surface area contributed by atoms with Crippen molar-refractivity contribution in [3.05, 3.63) is 76.1 Å². The minimum absolute atomic E-state index is 0.0111. The van der Waals surface area contributed by atoms with Gasteiger partial charge in [0.2, 0.25) is 5.91 Å². The van der Waals surface area contributed by atoms with Crippen LogP contribution in [-0.4, -0.2) is 60.1 Å². The molecule has 2 aromatic rings. The Balaban J connectivity index is 1.51. The number of carbonyl (C=O) groups excluding carboxylic acids is 4. The van der Waals surface area contributed by atoms with Crippen molar-refractivity contribution in [2.45, 2.75) is 26.4 Å². The van der Waals surface area contributed by atoms with Gasteiger partial charge in [0.1, 0.15) is 18.1 Å². The van der Waals surface area contributed by atoms with Gasteiger partial charge in [-0.1, -0.05) is 6.07 Å². The second kappa shape index (κ2) is 11.3. The second-order valence-electron chi connectivity index (χ2n) is 9.25. The SMILES string of the molecule is CC1=C(C)C(Cc2ccc(F)c(C(=O)N3CCN(c4ccc(C#N)cc4)C(=O)C3)c2)=N[NH+](OC(=O)C(F)(F)F)C1=O. The van der Waals surface area contributed by atoms with Gasteiger partial charge in [-0.15, -0.1) is 0 Å². The Morgan fingerprint density at radius 1 is 1.07 bits per heavy atom. The average Bonchev–Trinajstić information content (AvgIpc) is 2.94. The summed E-state index contributed by atoms with van der Waals surface area (Å²) in [6, 6.07) is 11.9. The third-order valence-corrected chi connectivity index (χ3v) is 6.64. The molecule has 0 radical (unpaired) electrons. The summed E-state index contributed by atoms with van der Waals surface area (Å²) in [5.41, 5.74) is 1.40. The van der Waals surface area contributed by atoms with Gasteiger partial charge in [0.25, 0.3) is 5.91 Å². The van der Waals surface area contributed by atoms with E-state index in [-0.39, 0.29) is 42.9 Å². The molecule has 0 bridgehead atoms. The highest BCUT2D eigenvalue weighted by Gasteiger charge is 2.47. The van der Waals surface area contributed by atoms with E-state index in [2.05, 4.69) is 9.94 Å². The standard InChI is InChI=1S/C27H21F4N5O5/c1-15-16(2)24(38)36(41-26(40)27(29,30)31)33-22(15)12-18-5-8-21(28)20(11-18)25(39)34-9-10-35(23(37)14-34)19-6-3-17(13-32)4-7-19/h3-8,11H,9-10,12,14H2,1-2H3/p+1. The molecular formula is C27H22F4N5O5+. The number of nitriles is 1. The number of allylic oxidation sites excluding steroid dienone is 1. The fourth-order valence-electron chi connectivity index (χ4n) is 4.24. The molecule has 0 saturated carbocycles. The molecule has 2 aliphatic rings. The van der Waals surface area contributed by atoms with E-state index in [0.717, 1.165) is 6.07 Å². The first kappa shape index (κ1) is 29.1. The van der Waals surface area contributed by atoms with Gasteiger partial charge in [-0.25, -0.2) is 18.8 Å². The molecule has 2 aliphatic heterocycles. The van der Waals surface area contributed by atoms with Gasteiger partial charge in [-0.05, 0) is 66.5 Å². The van der Waals surface area contributed by atoms with E-state index in [1.165, 1.54) is 35.8 Å². The van der Waals surface area contributed by atoms with Gasteiger partial charge in [-0.2, -0.15) is 18.4 Å². The van der Waals surface area contributed by atoms with Gasteiger partial charge >= 0.3 is 18.1 Å². The van der Waals surface area contributed by atoms with Crippen molar-refractivity contribution in [1.82, 2.24) is 4.90 Å². The summed E-state index contributed by atoms with van der Waals surface area (Å²) in [6.07, 6.45) is -5.47. The van der Waals surface area contributed by atoms with Gasteiger partial charge in [0.05, 0.1) is 22.8 Å². The number of hydrogen-bond acceptors (Lipinski definition) is 7. The summed E-state index contributed by atoms with van der Waals surface area (Å²) in [5, 5.41) is 11.7. The number of nitrogens with one attached hydrogen (secondary N) is 1. The lowest BCUT2D eigenvalue weighted by Crippen LogP contribution is -3.11. The lowest BCUT2D eigenvalue weighted by atomic mass is 9.97. The van der Waals surface area contributed by atoms with Crippen LogP contribution in [0.15, 0.2) is 58.7 Å². The Bertz CT molecular complexity index is 1540. The zero-order valence-electron chi connectivity index (χ0n) is 21.7. The van der Waals surface area contributed by atoms with Crippen molar-refractivity contribution in [3.63, 3.8) is 0 Å². The van der Waals surface area contributed by atoms with E-state index in [9.17, 15) is 36.7 Å². The van der Waals surface area contributed by atoms with Crippen LogP contribution in [0.25, 0.3) is 0 Å². The number of anilines is 1. The lowest BCUT2D eigenvalue weighted by Gasteiger charge is -2.34. The molecule has 1 unspecified atom stereocenters. The van der Waals surface area contributed by atoms with Crippen LogP contribution < -0.4 is 10.1 Å². The fraction of sp³-hybridized carbons (Fsp3) is 0.259. The molecule has 0 aliphatic carbocycles. The monoisotopic (exact) mass is 572 g/mol. The first-order chi connectivity index (χ1) is 19.3. The number of amides is 3. The molecule has 1 atom stereocenters. The average molecular weight is 572 g/mol. The van der Waals surface area contributed by atoms with Gasteiger partial charge in [0, 0.05) is 30.4 Å². The number of hydrogen-bond donors (Lipinski definition) is 1. The normalized spacial score (nSPS) is 17.8. The number of halogens is 4. The number of benzene rings is 2. The van der Waals surface area contributed by atoms with Crippen LogP contribution in [0.1, 0.15) is 35.3 Å². The molecule has 1 N–H and O–H groups in total. The highest BCUT2D eigenvalue weighted by Crippen LogP contribution is 2.22. The minimum atomic E-state index is -5.34. The number of carbonyl (C=O) groups is 4. The van der Waals surface area contributed by atoms with Crippen LogP contribution in [0.2, 0.25) is 0 Å². The van der Waals surface area contributed by atoms with E-state index >= 15 is 0 Å². The molecule has 3 amide bonds. The molecule has 4 rings (SSSR count). The maximum absolute atomic E-state index is 14.7. The number of quaternary nitrogens is 1. The Kier molecular flexibility index (Phi) is 8.02. The predicted molar refractivity (Wildman–Crippen MR) is 133 cm³/mol. The van der Waals surface area contributed by atoms with Crippen LogP contribution in [-0.2, 0) is 25.6 Å². The summed E-state index contributed by atoms with van der Waals surface area (Å²) < 4.78 is 52.7. The molecule has 41 heavy (non-hydrogen) atoms. The Morgan fingerprint density at radius 2 is 1.76 bits per heavy atom. The molecule has 2 heterocycles. The molecule has 0 spiro atoms. The van der Waals surface area contributed by atoms with E-state index in [0.29, 0.717) is 22.4 Å². The summed E-state index contributed by atoms with van der Waals surface area (Å²) >= 11 is 0. The van der Waals surface area contributed by atoms with Crippen LogP contribution in [0.3, 0.4) is 0 Å². The molecule has 1 fully saturated rings. The predicted octanol–water partition coefficient (Wildman–Crippen LogP) is 1.87. The van der Waals surface area contributed by atoms with E-state index in [1.54, 1.807) is 24.3 Å². The van der Waals surface area contributed by atoms with Gasteiger partial charge in [-0.3, -0.25) is 9.59 Å². The third-order valence-electron chi connectivity index (χ3n) is 6.64. The van der Waals surface area contributed by atoms with Gasteiger partial charge < -0.3 is 9.80 Å². The summed E-state index contributed by atoms with van der Waals surface area (Å²) in [5.74, 6) is -5.58. The van der Waals surface area contributed by atoms with E-state index < -0.39 is 40.9 Å². The van der Waals surface area contributed by atoms with E-state index in [1.807, 2.05) is 6.07 Å². The smallest absolute Gasteiger partial charge is 0.327 e. The number of hydroxylamine groups is 1. The zero-order valence-corrected chi connectivity index (χ0v) is 21.7. The molecule has 14 heteroatoms. The molecular weight excluding hydrogens is 550 g/mol. The van der Waals surface area contributed by atoms with Crippen molar-refractivity contribution in [2.24, 2.45) is 5.10 Å². The minimum Gasteiger partial charge on any atom is -0.327 e. The highest BCUT2D eigenvalue weighted by molar-refractivity contribution is 6.08. The van der Waals surface area contributed by atoms with Crippen molar-refractivity contribution in [3.8, 4) is 6.07 Å². The van der Waals surface area contributed by atoms with Gasteiger partial charge in [0.15, 0.2) is 0 Å². The number of piperazine rings is 1. The van der Waals surface area contributed by atoms with Crippen molar-refractivity contribution in [2.75, 3.05) is 24.5 Å². The highest BCUT2D eigenvalue weighted by atomic mass is 19.4. The van der Waals surface area contributed by atoms with Crippen LogP contribution >= 0.6 is 0 Å². The maximum atomic E-state index is 14.7. The third kappa shape index (κ3) is 6.15. The van der Waals surface area contributed by atoms with Crippen LogP contribution in [0, 0.1) is 17.1 Å². The summed E-state index contributed by atoms with van der Waals surface area (Å²) in [7, 11) is 0. The summed E-state index contributed by atoms with van der Waals surface area (Å²) in [4.78, 5) is 56.4. The van der Waals surface area contributed by atoms with Crippen molar-refractivity contribution >= 4 is 35.1 Å². The Morgan fingerprint density at radius 3 is 2.37 bits per heavy atom. The maximum Gasteiger partial charge on any atom is 0.497 e. The topological polar surface area (TPSA) is 125 Å². The molecule has 212 valence electrons. The number of alkyl halides is 3. The summed E-state index contributed by atoms with van der Waals surface area (Å²) in [6.45, 7) is 2.76. The fourth-order valence-corrected chi connectivity index (χ4v) is 4.24. The Labute approximate surface area is 230 Å². The molecule has 2 aromatic carbocycles. The molecule has 1 saturated heterocycles. The largest absolute Gasteiger partial charge is 0.497 e. The number of nitrogens with zero attached hydrogens (tertiary/aromatic N) is 4. The van der Waals surface area contributed by atoms with E-state index in [4.69, 9.17) is 5.26 Å². The lowest BCUT2D eigenvalue weighted by molar-refractivity contribution is -1.01. The Hall–Kier alpha value is -4.90. The molecule has 0 aromatic heterocycles. The van der Waals surface area contributed by atoms with Crippen LogP contribution in [0.5, 0.6) is 0 Å². The first-order valence-electron chi connectivity index (χ1n) is 12.1.